The highest BCUT2D eigenvalue weighted by Crippen LogP contribution is 2.27. The number of carbonyl (C=O) groups excluding carboxylic acids is 1. The van der Waals surface area contributed by atoms with Gasteiger partial charge >= 0.3 is 6.09 Å². The van der Waals surface area contributed by atoms with E-state index >= 15 is 0 Å². The summed E-state index contributed by atoms with van der Waals surface area (Å²) in [4.78, 5) is 11.8. The monoisotopic (exact) mass is 384 g/mol. The van der Waals surface area contributed by atoms with Crippen LogP contribution in [0.5, 0.6) is 11.5 Å². The molecular weight excluding hydrogens is 352 g/mol. The van der Waals surface area contributed by atoms with Crippen molar-refractivity contribution in [2.45, 2.75) is 59.1 Å². The van der Waals surface area contributed by atoms with Gasteiger partial charge in [-0.15, -0.1) is 0 Å². The van der Waals surface area contributed by atoms with Gasteiger partial charge in [-0.3, -0.25) is 0 Å². The zero-order chi connectivity index (χ0) is 20.6. The molecule has 0 aliphatic heterocycles. The molecule has 0 radical (unpaired) electrons. The van der Waals surface area contributed by atoms with E-state index in [-0.39, 0.29) is 12.1 Å². The molecule has 28 heavy (non-hydrogen) atoms. The number of anilines is 1. The third kappa shape index (κ3) is 7.51. The van der Waals surface area contributed by atoms with Crippen molar-refractivity contribution in [3.8, 4) is 11.5 Å². The van der Waals surface area contributed by atoms with Crippen molar-refractivity contribution in [1.82, 2.24) is 5.32 Å². The van der Waals surface area contributed by atoms with Gasteiger partial charge in [0.2, 0.25) is 0 Å². The fourth-order valence-corrected chi connectivity index (χ4v) is 2.71. The standard InChI is InChI=1S/C23H32N2O3/c1-6-18(14-15-24-22(26)28-23(3,4)5)25-21-16-20(13-12-17(21)2)27-19-10-8-7-9-11-19/h7-13,16,18,25H,6,14-15H2,1-5H3,(H,24,26). The van der Waals surface area contributed by atoms with Crippen LogP contribution < -0.4 is 15.4 Å². The highest BCUT2D eigenvalue weighted by atomic mass is 16.6. The van der Waals surface area contributed by atoms with Gasteiger partial charge in [0.15, 0.2) is 0 Å². The van der Waals surface area contributed by atoms with Gasteiger partial charge in [0.25, 0.3) is 0 Å². The summed E-state index contributed by atoms with van der Waals surface area (Å²) in [5.41, 5.74) is 1.71. The van der Waals surface area contributed by atoms with Crippen LogP contribution in [0.15, 0.2) is 48.5 Å². The molecule has 0 fully saturated rings. The number of carbonyl (C=O) groups is 1. The normalized spacial score (nSPS) is 12.2. The van der Waals surface area contributed by atoms with Crippen LogP contribution in [0.3, 0.4) is 0 Å². The molecule has 0 aromatic heterocycles. The minimum Gasteiger partial charge on any atom is -0.457 e. The van der Waals surface area contributed by atoms with Crippen LogP contribution in [0, 0.1) is 6.92 Å². The van der Waals surface area contributed by atoms with Crippen molar-refractivity contribution < 1.29 is 14.3 Å². The van der Waals surface area contributed by atoms with Gasteiger partial charge < -0.3 is 20.1 Å². The molecular formula is C23H32N2O3. The predicted molar refractivity (Wildman–Crippen MR) is 114 cm³/mol. The molecule has 0 aliphatic rings. The smallest absolute Gasteiger partial charge is 0.407 e. The molecule has 2 rings (SSSR count). The van der Waals surface area contributed by atoms with E-state index in [2.05, 4.69) is 24.5 Å². The van der Waals surface area contributed by atoms with Crippen molar-refractivity contribution in [3.05, 3.63) is 54.1 Å². The van der Waals surface area contributed by atoms with Crippen molar-refractivity contribution in [1.29, 1.82) is 0 Å². The number of aryl methyl sites for hydroxylation is 1. The highest BCUT2D eigenvalue weighted by Gasteiger charge is 2.16. The van der Waals surface area contributed by atoms with Gasteiger partial charge in [0, 0.05) is 24.3 Å². The number of hydrogen-bond acceptors (Lipinski definition) is 4. The molecule has 1 atom stereocenters. The average Bonchev–Trinajstić information content (AvgIpc) is 2.63. The molecule has 0 aliphatic carbocycles. The van der Waals surface area contributed by atoms with Crippen LogP contribution in [0.1, 0.15) is 46.1 Å². The lowest BCUT2D eigenvalue weighted by Crippen LogP contribution is -2.35. The Bertz CT molecular complexity index is 754. The fraction of sp³-hybridized carbons (Fsp3) is 0.435. The molecule has 5 heteroatoms. The van der Waals surface area contributed by atoms with E-state index in [4.69, 9.17) is 9.47 Å². The summed E-state index contributed by atoms with van der Waals surface area (Å²) in [5, 5.41) is 6.40. The maximum Gasteiger partial charge on any atom is 0.407 e. The Morgan fingerprint density at radius 1 is 1.07 bits per heavy atom. The van der Waals surface area contributed by atoms with E-state index in [1.54, 1.807) is 0 Å². The summed E-state index contributed by atoms with van der Waals surface area (Å²) in [5.74, 6) is 1.60. The lowest BCUT2D eigenvalue weighted by atomic mass is 10.1. The number of hydrogen-bond donors (Lipinski definition) is 2. The summed E-state index contributed by atoms with van der Waals surface area (Å²) in [6.45, 7) is 10.3. The molecule has 0 heterocycles. The van der Waals surface area contributed by atoms with E-state index in [0.717, 1.165) is 35.6 Å². The van der Waals surface area contributed by atoms with E-state index in [0.29, 0.717) is 6.54 Å². The van der Waals surface area contributed by atoms with Crippen molar-refractivity contribution in [2.75, 3.05) is 11.9 Å². The number of alkyl carbamates (subject to hydrolysis) is 1. The number of ether oxygens (including phenoxy) is 2. The Kier molecular flexibility index (Phi) is 7.73. The Morgan fingerprint density at radius 3 is 2.43 bits per heavy atom. The highest BCUT2D eigenvalue weighted by molar-refractivity contribution is 5.67. The van der Waals surface area contributed by atoms with Crippen LogP contribution in [0.25, 0.3) is 0 Å². The fourth-order valence-electron chi connectivity index (χ4n) is 2.71. The summed E-state index contributed by atoms with van der Waals surface area (Å²) in [6.07, 6.45) is 1.37. The second-order valence-electron chi connectivity index (χ2n) is 7.86. The van der Waals surface area contributed by atoms with Crippen LogP contribution in [0.2, 0.25) is 0 Å². The summed E-state index contributed by atoms with van der Waals surface area (Å²) < 4.78 is 11.2. The first kappa shape index (κ1) is 21.6. The molecule has 2 aromatic carbocycles. The van der Waals surface area contributed by atoms with Gasteiger partial charge in [0.05, 0.1) is 0 Å². The van der Waals surface area contributed by atoms with Crippen molar-refractivity contribution in [3.63, 3.8) is 0 Å². The minimum atomic E-state index is -0.483. The van der Waals surface area contributed by atoms with E-state index in [9.17, 15) is 4.79 Å². The number of rotatable bonds is 8. The van der Waals surface area contributed by atoms with Gasteiger partial charge in [0.1, 0.15) is 17.1 Å². The molecule has 2 aromatic rings. The molecule has 0 spiro atoms. The summed E-state index contributed by atoms with van der Waals surface area (Å²) in [7, 11) is 0. The van der Waals surface area contributed by atoms with Gasteiger partial charge in [-0.2, -0.15) is 0 Å². The molecule has 1 amide bonds. The molecule has 2 N–H and O–H groups in total. The first-order chi connectivity index (χ1) is 13.3. The number of nitrogens with one attached hydrogen (secondary N) is 2. The molecule has 5 nitrogen and oxygen atoms in total. The van der Waals surface area contributed by atoms with Crippen molar-refractivity contribution in [2.24, 2.45) is 0 Å². The molecule has 0 saturated heterocycles. The first-order valence-electron chi connectivity index (χ1n) is 9.84. The largest absolute Gasteiger partial charge is 0.457 e. The molecule has 0 bridgehead atoms. The summed E-state index contributed by atoms with van der Waals surface area (Å²) in [6, 6.07) is 16.0. The van der Waals surface area contributed by atoms with Crippen LogP contribution in [-0.4, -0.2) is 24.3 Å². The molecule has 152 valence electrons. The number of amides is 1. The average molecular weight is 385 g/mol. The van der Waals surface area contributed by atoms with Crippen LogP contribution in [0.4, 0.5) is 10.5 Å². The first-order valence-corrected chi connectivity index (χ1v) is 9.84. The predicted octanol–water partition coefficient (Wildman–Crippen LogP) is 5.89. The second kappa shape index (κ2) is 10.0. The van der Waals surface area contributed by atoms with Gasteiger partial charge in [-0.1, -0.05) is 31.2 Å². The Balaban J connectivity index is 1.92. The minimum absolute atomic E-state index is 0.237. The third-order valence-electron chi connectivity index (χ3n) is 4.20. The SMILES string of the molecule is CCC(CCNC(=O)OC(C)(C)C)Nc1cc(Oc2ccccc2)ccc1C. The second-order valence-corrected chi connectivity index (χ2v) is 7.86. The maximum absolute atomic E-state index is 11.8. The maximum atomic E-state index is 11.8. The van der Waals surface area contributed by atoms with E-state index in [1.807, 2.05) is 69.3 Å². The van der Waals surface area contributed by atoms with Crippen LogP contribution >= 0.6 is 0 Å². The molecule has 1 unspecified atom stereocenters. The number of benzene rings is 2. The number of para-hydroxylation sites is 1. The van der Waals surface area contributed by atoms with E-state index in [1.165, 1.54) is 0 Å². The lowest BCUT2D eigenvalue weighted by Gasteiger charge is -2.22. The molecule has 0 saturated carbocycles. The Morgan fingerprint density at radius 2 is 1.79 bits per heavy atom. The Labute approximate surface area is 168 Å². The van der Waals surface area contributed by atoms with Crippen LogP contribution in [-0.2, 0) is 4.74 Å². The van der Waals surface area contributed by atoms with Crippen molar-refractivity contribution >= 4 is 11.8 Å². The lowest BCUT2D eigenvalue weighted by molar-refractivity contribution is 0.0526. The zero-order valence-corrected chi connectivity index (χ0v) is 17.5. The third-order valence-corrected chi connectivity index (χ3v) is 4.20. The zero-order valence-electron chi connectivity index (χ0n) is 17.5. The van der Waals surface area contributed by atoms with E-state index < -0.39 is 5.60 Å². The van der Waals surface area contributed by atoms with Gasteiger partial charge in [-0.05, 0) is 64.3 Å². The quantitative estimate of drug-likeness (QED) is 0.595. The van der Waals surface area contributed by atoms with Gasteiger partial charge in [-0.25, -0.2) is 4.79 Å². The Hall–Kier alpha value is -2.69. The topological polar surface area (TPSA) is 59.6 Å². The summed E-state index contributed by atoms with van der Waals surface area (Å²) >= 11 is 0.